The van der Waals surface area contributed by atoms with Gasteiger partial charge in [-0.2, -0.15) is 0 Å². The first-order chi connectivity index (χ1) is 14.1. The number of rotatable bonds is 5. The van der Waals surface area contributed by atoms with Crippen LogP contribution in [0.25, 0.3) is 22.6 Å². The van der Waals surface area contributed by atoms with E-state index in [0.29, 0.717) is 40.6 Å². The number of oxazole rings is 2. The summed E-state index contributed by atoms with van der Waals surface area (Å²) >= 11 is 0.998. The van der Waals surface area contributed by atoms with Gasteiger partial charge in [0.2, 0.25) is 17.7 Å². The predicted molar refractivity (Wildman–Crippen MR) is 108 cm³/mol. The van der Waals surface area contributed by atoms with Crippen molar-refractivity contribution in [2.45, 2.75) is 12.8 Å². The Morgan fingerprint density at radius 2 is 1.93 bits per heavy atom. The molecule has 0 unspecified atom stereocenters. The average Bonchev–Trinajstić information content (AvgIpc) is 3.41. The molecule has 5 aromatic rings. The quantitative estimate of drug-likeness (QED) is 0.456. The molecule has 29 heavy (non-hydrogen) atoms. The lowest BCUT2D eigenvalue weighted by Crippen LogP contribution is -1.89. The van der Waals surface area contributed by atoms with Gasteiger partial charge in [0.1, 0.15) is 11.8 Å². The number of benzene rings is 2. The van der Waals surface area contributed by atoms with E-state index in [1.54, 1.807) is 6.26 Å². The van der Waals surface area contributed by atoms with Gasteiger partial charge in [0.15, 0.2) is 5.58 Å². The second kappa shape index (κ2) is 7.06. The number of hydrogen-bond donors (Lipinski definition) is 2. The Labute approximate surface area is 168 Å². The molecule has 5 rings (SSSR count). The van der Waals surface area contributed by atoms with E-state index >= 15 is 0 Å². The summed E-state index contributed by atoms with van der Waals surface area (Å²) < 4.78 is 11.4. The van der Waals surface area contributed by atoms with Gasteiger partial charge in [-0.3, -0.25) is 9.78 Å². The molecular formula is C21H15N3O4S. The largest absolute Gasteiger partial charge is 0.494 e. The molecule has 0 fully saturated rings. The summed E-state index contributed by atoms with van der Waals surface area (Å²) in [5.41, 5.74) is 3.96. The van der Waals surface area contributed by atoms with E-state index in [1.165, 1.54) is 0 Å². The minimum absolute atomic E-state index is 0.0822. The van der Waals surface area contributed by atoms with Crippen LogP contribution < -0.4 is 4.87 Å². The zero-order chi connectivity index (χ0) is 19.8. The van der Waals surface area contributed by atoms with Crippen LogP contribution in [0.15, 0.2) is 68.4 Å². The third kappa shape index (κ3) is 3.57. The van der Waals surface area contributed by atoms with E-state index in [1.807, 2.05) is 48.5 Å². The molecule has 2 aromatic carbocycles. The number of thiazole rings is 1. The number of fused-ring (bicyclic) bond motifs is 1. The monoisotopic (exact) mass is 405 g/mol. The van der Waals surface area contributed by atoms with Crippen molar-refractivity contribution in [1.82, 2.24) is 15.0 Å². The van der Waals surface area contributed by atoms with Crippen molar-refractivity contribution < 1.29 is 13.9 Å². The Hall–Kier alpha value is -3.65. The van der Waals surface area contributed by atoms with Crippen LogP contribution in [-0.2, 0) is 12.8 Å². The summed E-state index contributed by atoms with van der Waals surface area (Å²) in [7, 11) is 0. The second-order valence-electron chi connectivity index (χ2n) is 6.56. The van der Waals surface area contributed by atoms with Gasteiger partial charge in [0.05, 0.1) is 17.0 Å². The molecule has 0 saturated carbocycles. The van der Waals surface area contributed by atoms with Crippen molar-refractivity contribution >= 4 is 22.4 Å². The Kier molecular flexibility index (Phi) is 4.25. The Morgan fingerprint density at radius 3 is 2.72 bits per heavy atom. The van der Waals surface area contributed by atoms with E-state index in [-0.39, 0.29) is 10.8 Å². The maximum absolute atomic E-state index is 11.3. The van der Waals surface area contributed by atoms with Crippen molar-refractivity contribution in [3.8, 4) is 17.3 Å². The lowest BCUT2D eigenvalue weighted by Gasteiger charge is -1.98. The molecule has 0 atom stereocenters. The number of nitrogens with zero attached hydrogens (tertiary/aromatic N) is 2. The minimum Gasteiger partial charge on any atom is -0.494 e. The molecule has 0 saturated heterocycles. The van der Waals surface area contributed by atoms with Gasteiger partial charge in [-0.15, -0.1) is 0 Å². The van der Waals surface area contributed by atoms with Gasteiger partial charge in [-0.05, 0) is 29.8 Å². The Bertz CT molecular complexity index is 1350. The Morgan fingerprint density at radius 1 is 1.07 bits per heavy atom. The van der Waals surface area contributed by atoms with E-state index in [9.17, 15) is 9.90 Å². The van der Waals surface area contributed by atoms with E-state index in [4.69, 9.17) is 8.83 Å². The maximum atomic E-state index is 11.3. The standard InChI is InChI=1S/C21H15N3O4S/c25-19-17(29-21(26)24-19)9-12-6-7-16-15(8-12)23-18(28-16)10-14-11-27-20(22-14)13-4-2-1-3-5-13/h1-8,11,25H,9-10H2,(H,24,26). The molecule has 3 aromatic heterocycles. The van der Waals surface area contributed by atoms with Gasteiger partial charge < -0.3 is 13.9 Å². The molecular weight excluding hydrogens is 390 g/mol. The molecule has 144 valence electrons. The molecule has 0 spiro atoms. The molecule has 0 bridgehead atoms. The van der Waals surface area contributed by atoms with Gasteiger partial charge >= 0.3 is 4.87 Å². The van der Waals surface area contributed by atoms with E-state index < -0.39 is 0 Å². The van der Waals surface area contributed by atoms with Crippen LogP contribution >= 0.6 is 11.3 Å². The van der Waals surface area contributed by atoms with Crippen LogP contribution in [0.2, 0.25) is 0 Å². The molecule has 0 aliphatic carbocycles. The fraction of sp³-hybridized carbons (Fsp3) is 0.0952. The fourth-order valence-electron chi connectivity index (χ4n) is 3.12. The minimum atomic E-state index is -0.273. The van der Waals surface area contributed by atoms with Crippen LogP contribution in [0.5, 0.6) is 5.88 Å². The van der Waals surface area contributed by atoms with Gasteiger partial charge in [-0.1, -0.05) is 35.6 Å². The number of hydrogen-bond acceptors (Lipinski definition) is 7. The SMILES string of the molecule is O=c1[nH]c(O)c(Cc2ccc3oc(Cc4coc(-c5ccccc5)n4)nc3c2)s1. The smallest absolute Gasteiger partial charge is 0.307 e. The topological polar surface area (TPSA) is 105 Å². The number of aromatic nitrogens is 3. The number of H-pyrrole nitrogens is 1. The van der Waals surface area contributed by atoms with Crippen molar-refractivity contribution in [2.75, 3.05) is 0 Å². The summed E-state index contributed by atoms with van der Waals surface area (Å²) in [5, 5.41) is 9.76. The third-order valence-electron chi connectivity index (χ3n) is 4.47. The average molecular weight is 405 g/mol. The third-order valence-corrected chi connectivity index (χ3v) is 5.34. The van der Waals surface area contributed by atoms with Crippen LogP contribution in [0.4, 0.5) is 0 Å². The maximum Gasteiger partial charge on any atom is 0.307 e. The molecule has 8 heteroatoms. The van der Waals surface area contributed by atoms with Crippen molar-refractivity contribution in [2.24, 2.45) is 0 Å². The molecule has 7 nitrogen and oxygen atoms in total. The highest BCUT2D eigenvalue weighted by Gasteiger charge is 2.13. The summed E-state index contributed by atoms with van der Waals surface area (Å²) in [6.07, 6.45) is 2.47. The number of nitrogens with one attached hydrogen (secondary N) is 1. The van der Waals surface area contributed by atoms with Crippen molar-refractivity contribution in [3.63, 3.8) is 0 Å². The van der Waals surface area contributed by atoms with Crippen LogP contribution in [0.1, 0.15) is 22.0 Å². The van der Waals surface area contributed by atoms with Crippen molar-refractivity contribution in [1.29, 1.82) is 0 Å². The molecule has 3 heterocycles. The normalized spacial score (nSPS) is 11.3. The molecule has 2 N–H and O–H groups in total. The molecule has 0 aliphatic rings. The highest BCUT2D eigenvalue weighted by molar-refractivity contribution is 7.09. The first-order valence-corrected chi connectivity index (χ1v) is 9.75. The zero-order valence-corrected chi connectivity index (χ0v) is 15.9. The summed E-state index contributed by atoms with van der Waals surface area (Å²) in [6.45, 7) is 0. The number of aromatic hydroxyl groups is 1. The van der Waals surface area contributed by atoms with Crippen molar-refractivity contribution in [3.05, 3.63) is 86.5 Å². The highest BCUT2D eigenvalue weighted by atomic mass is 32.1. The van der Waals surface area contributed by atoms with Crippen LogP contribution in [0, 0.1) is 0 Å². The summed E-state index contributed by atoms with van der Waals surface area (Å²) in [6, 6.07) is 15.3. The van der Waals surface area contributed by atoms with Crippen LogP contribution in [-0.4, -0.2) is 20.1 Å². The fourth-order valence-corrected chi connectivity index (χ4v) is 3.88. The van der Waals surface area contributed by atoms with E-state index in [2.05, 4.69) is 15.0 Å². The molecule has 0 radical (unpaired) electrons. The summed E-state index contributed by atoms with van der Waals surface area (Å²) in [5.74, 6) is 1.02. The lowest BCUT2D eigenvalue weighted by atomic mass is 10.1. The van der Waals surface area contributed by atoms with Gasteiger partial charge in [-0.25, -0.2) is 9.97 Å². The lowest BCUT2D eigenvalue weighted by molar-refractivity contribution is 0.451. The second-order valence-corrected chi connectivity index (χ2v) is 7.63. The van der Waals surface area contributed by atoms with Gasteiger partial charge in [0, 0.05) is 12.0 Å². The molecule has 0 amide bonds. The Balaban J connectivity index is 1.37. The zero-order valence-electron chi connectivity index (χ0n) is 15.1. The summed E-state index contributed by atoms with van der Waals surface area (Å²) in [4.78, 5) is 23.1. The van der Waals surface area contributed by atoms with Gasteiger partial charge in [0.25, 0.3) is 0 Å². The first-order valence-electron chi connectivity index (χ1n) is 8.93. The predicted octanol–water partition coefficient (Wildman–Crippen LogP) is 4.12. The van der Waals surface area contributed by atoms with E-state index in [0.717, 1.165) is 28.2 Å². The molecule has 0 aliphatic heterocycles. The first kappa shape index (κ1) is 17.4. The van der Waals surface area contributed by atoms with Crippen LogP contribution in [0.3, 0.4) is 0 Å². The number of aromatic amines is 1. The highest BCUT2D eigenvalue weighted by Crippen LogP contribution is 2.25.